The van der Waals surface area contributed by atoms with Crippen molar-refractivity contribution in [2.75, 3.05) is 6.61 Å². The van der Waals surface area contributed by atoms with Crippen LogP contribution in [-0.4, -0.2) is 12.6 Å². The molecule has 0 saturated heterocycles. The summed E-state index contributed by atoms with van der Waals surface area (Å²) in [4.78, 5) is 0. The van der Waals surface area contributed by atoms with Crippen LogP contribution in [0.1, 0.15) is 56.6 Å². The molecule has 1 aromatic rings. The van der Waals surface area contributed by atoms with Gasteiger partial charge in [-0.1, -0.05) is 32.4 Å². The average Bonchev–Trinajstić information content (AvgIpc) is 2.75. The van der Waals surface area contributed by atoms with Gasteiger partial charge in [0, 0.05) is 6.04 Å². The van der Waals surface area contributed by atoms with Crippen LogP contribution in [0, 0.1) is 12.8 Å². The lowest BCUT2D eigenvalue weighted by Gasteiger charge is -2.18. The van der Waals surface area contributed by atoms with E-state index in [1.165, 1.54) is 30.4 Å². The molecular weight excluding hydrogens is 234 g/mol. The highest BCUT2D eigenvalue weighted by Crippen LogP contribution is 2.30. The second-order valence-electron chi connectivity index (χ2n) is 6.19. The second kappa shape index (κ2) is 6.42. The van der Waals surface area contributed by atoms with Gasteiger partial charge >= 0.3 is 0 Å². The lowest BCUT2D eigenvalue weighted by atomic mass is 10.00. The zero-order valence-electron chi connectivity index (χ0n) is 12.5. The van der Waals surface area contributed by atoms with Crippen LogP contribution in [0.4, 0.5) is 0 Å². The van der Waals surface area contributed by atoms with Crippen LogP contribution in [0.2, 0.25) is 0 Å². The molecular formula is C17H27NO. The minimum Gasteiger partial charge on any atom is -0.493 e. The summed E-state index contributed by atoms with van der Waals surface area (Å²) < 4.78 is 6.03. The molecule has 1 saturated carbocycles. The molecule has 0 bridgehead atoms. The lowest BCUT2D eigenvalue weighted by Crippen LogP contribution is -2.25. The van der Waals surface area contributed by atoms with E-state index in [0.29, 0.717) is 17.9 Å². The Balaban J connectivity index is 1.93. The first-order chi connectivity index (χ1) is 9.08. The van der Waals surface area contributed by atoms with Crippen LogP contribution in [-0.2, 0) is 0 Å². The largest absolute Gasteiger partial charge is 0.493 e. The number of hydrogen-bond acceptors (Lipinski definition) is 2. The van der Waals surface area contributed by atoms with Crippen molar-refractivity contribution in [3.63, 3.8) is 0 Å². The number of nitrogens with two attached hydrogens (primary N) is 1. The van der Waals surface area contributed by atoms with Gasteiger partial charge in [0.15, 0.2) is 0 Å². The third-order valence-corrected chi connectivity index (χ3v) is 4.26. The van der Waals surface area contributed by atoms with Gasteiger partial charge in [-0.3, -0.25) is 0 Å². The van der Waals surface area contributed by atoms with E-state index in [4.69, 9.17) is 10.5 Å². The molecule has 2 atom stereocenters. The van der Waals surface area contributed by atoms with Crippen LogP contribution >= 0.6 is 0 Å². The Labute approximate surface area is 117 Å². The SMILES string of the molecule is Cc1ccc(C(C)C)c(OCCC2CCCC2N)c1. The number of benzene rings is 1. The fourth-order valence-corrected chi connectivity index (χ4v) is 2.99. The van der Waals surface area contributed by atoms with Crippen molar-refractivity contribution >= 4 is 0 Å². The summed E-state index contributed by atoms with van der Waals surface area (Å²) in [5.74, 6) is 2.22. The zero-order chi connectivity index (χ0) is 13.8. The molecule has 2 N–H and O–H groups in total. The molecule has 0 heterocycles. The van der Waals surface area contributed by atoms with Crippen LogP contribution in [0.25, 0.3) is 0 Å². The summed E-state index contributed by atoms with van der Waals surface area (Å²) in [5, 5.41) is 0. The van der Waals surface area contributed by atoms with E-state index in [1.54, 1.807) is 0 Å². The summed E-state index contributed by atoms with van der Waals surface area (Å²) in [7, 11) is 0. The van der Waals surface area contributed by atoms with Crippen molar-refractivity contribution in [3.05, 3.63) is 29.3 Å². The first-order valence-corrected chi connectivity index (χ1v) is 7.57. The van der Waals surface area contributed by atoms with E-state index >= 15 is 0 Å². The van der Waals surface area contributed by atoms with Crippen LogP contribution in [0.3, 0.4) is 0 Å². The minimum atomic E-state index is 0.394. The van der Waals surface area contributed by atoms with Gasteiger partial charge < -0.3 is 10.5 Å². The maximum atomic E-state index is 6.11. The fraction of sp³-hybridized carbons (Fsp3) is 0.647. The van der Waals surface area contributed by atoms with Gasteiger partial charge in [0.25, 0.3) is 0 Å². The molecule has 19 heavy (non-hydrogen) atoms. The highest BCUT2D eigenvalue weighted by Gasteiger charge is 2.23. The smallest absolute Gasteiger partial charge is 0.122 e. The quantitative estimate of drug-likeness (QED) is 0.869. The van der Waals surface area contributed by atoms with Crippen LogP contribution in [0.5, 0.6) is 5.75 Å². The summed E-state index contributed by atoms with van der Waals surface area (Å²) in [5.41, 5.74) is 8.67. The van der Waals surface area contributed by atoms with E-state index in [-0.39, 0.29) is 0 Å². The highest BCUT2D eigenvalue weighted by atomic mass is 16.5. The first-order valence-electron chi connectivity index (χ1n) is 7.57. The minimum absolute atomic E-state index is 0.394. The average molecular weight is 261 g/mol. The van der Waals surface area contributed by atoms with Crippen molar-refractivity contribution in [1.29, 1.82) is 0 Å². The van der Waals surface area contributed by atoms with Crippen LogP contribution < -0.4 is 10.5 Å². The second-order valence-corrected chi connectivity index (χ2v) is 6.19. The van der Waals surface area contributed by atoms with E-state index in [2.05, 4.69) is 39.0 Å². The standard InChI is InChI=1S/C17H27NO/c1-12(2)15-8-7-13(3)11-17(15)19-10-9-14-5-4-6-16(14)18/h7-8,11-12,14,16H,4-6,9-10,18H2,1-3H3. The third kappa shape index (κ3) is 3.73. The molecule has 1 aliphatic carbocycles. The Morgan fingerprint density at radius 2 is 2.11 bits per heavy atom. The molecule has 0 radical (unpaired) electrons. The molecule has 2 rings (SSSR count). The van der Waals surface area contributed by atoms with E-state index in [0.717, 1.165) is 18.8 Å². The van der Waals surface area contributed by atoms with Gasteiger partial charge in [0.2, 0.25) is 0 Å². The summed E-state index contributed by atoms with van der Waals surface area (Å²) in [6.45, 7) is 7.33. The molecule has 2 nitrogen and oxygen atoms in total. The van der Waals surface area contributed by atoms with E-state index in [1.807, 2.05) is 0 Å². The molecule has 1 aromatic carbocycles. The Bertz CT molecular complexity index is 414. The maximum absolute atomic E-state index is 6.11. The number of aryl methyl sites for hydroxylation is 1. The topological polar surface area (TPSA) is 35.2 Å². The van der Waals surface area contributed by atoms with Gasteiger partial charge in [-0.15, -0.1) is 0 Å². The fourth-order valence-electron chi connectivity index (χ4n) is 2.99. The van der Waals surface area contributed by atoms with Crippen molar-refractivity contribution in [2.24, 2.45) is 11.7 Å². The third-order valence-electron chi connectivity index (χ3n) is 4.26. The van der Waals surface area contributed by atoms with Gasteiger partial charge in [0.05, 0.1) is 6.61 Å². The van der Waals surface area contributed by atoms with E-state index < -0.39 is 0 Å². The predicted octanol–water partition coefficient (Wildman–Crippen LogP) is 4.01. The molecule has 0 amide bonds. The molecule has 0 aliphatic heterocycles. The summed E-state index contributed by atoms with van der Waals surface area (Å²) >= 11 is 0. The molecule has 2 unspecified atom stereocenters. The van der Waals surface area contributed by atoms with Gasteiger partial charge in [-0.05, 0) is 55.2 Å². The normalized spacial score (nSPS) is 23.0. The molecule has 0 aromatic heterocycles. The van der Waals surface area contributed by atoms with Gasteiger partial charge in [0.1, 0.15) is 5.75 Å². The van der Waals surface area contributed by atoms with Gasteiger partial charge in [-0.2, -0.15) is 0 Å². The predicted molar refractivity (Wildman–Crippen MR) is 80.7 cm³/mol. The van der Waals surface area contributed by atoms with Crippen molar-refractivity contribution in [3.8, 4) is 5.75 Å². The molecule has 1 fully saturated rings. The molecule has 1 aliphatic rings. The summed E-state index contributed by atoms with van der Waals surface area (Å²) in [6.07, 6.45) is 4.84. The monoisotopic (exact) mass is 261 g/mol. The van der Waals surface area contributed by atoms with Crippen molar-refractivity contribution in [1.82, 2.24) is 0 Å². The number of ether oxygens (including phenoxy) is 1. The Hall–Kier alpha value is -1.02. The zero-order valence-corrected chi connectivity index (χ0v) is 12.5. The Kier molecular flexibility index (Phi) is 4.87. The Morgan fingerprint density at radius 3 is 2.74 bits per heavy atom. The number of rotatable bonds is 5. The lowest BCUT2D eigenvalue weighted by molar-refractivity contribution is 0.268. The van der Waals surface area contributed by atoms with Gasteiger partial charge in [-0.25, -0.2) is 0 Å². The molecule has 106 valence electrons. The number of hydrogen-bond donors (Lipinski definition) is 1. The summed E-state index contributed by atoms with van der Waals surface area (Å²) in [6, 6.07) is 6.90. The molecule has 2 heteroatoms. The Morgan fingerprint density at radius 1 is 1.32 bits per heavy atom. The van der Waals surface area contributed by atoms with Crippen molar-refractivity contribution in [2.45, 2.75) is 58.4 Å². The van der Waals surface area contributed by atoms with E-state index in [9.17, 15) is 0 Å². The van der Waals surface area contributed by atoms with Crippen LogP contribution in [0.15, 0.2) is 18.2 Å². The maximum Gasteiger partial charge on any atom is 0.122 e. The van der Waals surface area contributed by atoms with Crippen molar-refractivity contribution < 1.29 is 4.74 Å². The first kappa shape index (κ1) is 14.4. The highest BCUT2D eigenvalue weighted by molar-refractivity contribution is 5.39. The molecule has 0 spiro atoms.